The molecule has 0 bridgehead atoms. The Morgan fingerprint density at radius 1 is 1.26 bits per heavy atom. The summed E-state index contributed by atoms with van der Waals surface area (Å²) < 4.78 is 72.2. The van der Waals surface area contributed by atoms with Gasteiger partial charge in [-0.15, -0.1) is 0 Å². The molecule has 0 saturated carbocycles. The van der Waals surface area contributed by atoms with Crippen molar-refractivity contribution in [2.24, 2.45) is 0 Å². The molecule has 1 saturated heterocycles. The van der Waals surface area contributed by atoms with Gasteiger partial charge in [0.15, 0.2) is 0 Å². The van der Waals surface area contributed by atoms with Gasteiger partial charge in [0.05, 0.1) is 17.7 Å². The van der Waals surface area contributed by atoms with Crippen LogP contribution in [0.3, 0.4) is 0 Å². The lowest BCUT2D eigenvalue weighted by Gasteiger charge is -2.32. The predicted octanol–water partition coefficient (Wildman–Crippen LogP) is 4.36. The first-order valence-electron chi connectivity index (χ1n) is 10.00. The van der Waals surface area contributed by atoms with Crippen LogP contribution < -0.4 is 0 Å². The largest absolute Gasteiger partial charge is 0.467 e. The van der Waals surface area contributed by atoms with Crippen molar-refractivity contribution >= 4 is 15.9 Å². The van der Waals surface area contributed by atoms with Gasteiger partial charge in [-0.1, -0.05) is 12.5 Å². The number of piperidine rings is 1. The van der Waals surface area contributed by atoms with E-state index in [2.05, 4.69) is 0 Å². The minimum Gasteiger partial charge on any atom is -0.467 e. The summed E-state index contributed by atoms with van der Waals surface area (Å²) in [6.07, 6.45) is -0.903. The highest BCUT2D eigenvalue weighted by atomic mass is 32.2. The summed E-state index contributed by atoms with van der Waals surface area (Å²) in [6.45, 7) is 1.90. The molecular formula is C21H25F3N2O4S. The van der Waals surface area contributed by atoms with Gasteiger partial charge in [-0.25, -0.2) is 8.42 Å². The molecule has 2 heterocycles. The fourth-order valence-electron chi connectivity index (χ4n) is 3.73. The minimum atomic E-state index is -4.62. The maximum absolute atomic E-state index is 13.1. The third-order valence-electron chi connectivity index (χ3n) is 5.37. The van der Waals surface area contributed by atoms with Crippen LogP contribution in [-0.2, 0) is 16.6 Å². The molecule has 1 aliphatic rings. The van der Waals surface area contributed by atoms with Gasteiger partial charge in [0.1, 0.15) is 12.3 Å². The van der Waals surface area contributed by atoms with Gasteiger partial charge in [0.2, 0.25) is 10.0 Å². The molecule has 1 aromatic heterocycles. The highest BCUT2D eigenvalue weighted by molar-refractivity contribution is 7.89. The van der Waals surface area contributed by atoms with Gasteiger partial charge in [-0.3, -0.25) is 4.79 Å². The second-order valence-electron chi connectivity index (χ2n) is 7.79. The number of furan rings is 1. The SMILES string of the molecule is Cc1ccc(S(=O)(=O)N2CCCCC2C)cc1C(=O)N(Cc1ccco1)CC(F)(F)F. The second kappa shape index (κ2) is 9.04. The summed E-state index contributed by atoms with van der Waals surface area (Å²) in [7, 11) is -3.87. The Hall–Kier alpha value is -2.33. The van der Waals surface area contributed by atoms with E-state index in [0.29, 0.717) is 17.0 Å². The Morgan fingerprint density at radius 3 is 2.61 bits per heavy atom. The fourth-order valence-corrected chi connectivity index (χ4v) is 5.46. The van der Waals surface area contributed by atoms with E-state index in [1.807, 2.05) is 6.92 Å². The zero-order chi connectivity index (χ0) is 22.8. The molecule has 0 aliphatic carbocycles. The molecule has 10 heteroatoms. The van der Waals surface area contributed by atoms with Crippen molar-refractivity contribution in [2.75, 3.05) is 13.1 Å². The number of carbonyl (C=O) groups excluding carboxylic acids is 1. The average Bonchev–Trinajstić information content (AvgIpc) is 3.19. The summed E-state index contributed by atoms with van der Waals surface area (Å²) in [5.41, 5.74) is 0.309. The summed E-state index contributed by atoms with van der Waals surface area (Å²) in [5.74, 6) is -0.712. The molecule has 31 heavy (non-hydrogen) atoms. The second-order valence-corrected chi connectivity index (χ2v) is 9.68. The van der Waals surface area contributed by atoms with Crippen LogP contribution in [0, 0.1) is 6.92 Å². The maximum Gasteiger partial charge on any atom is 0.406 e. The highest BCUT2D eigenvalue weighted by Crippen LogP contribution is 2.28. The molecule has 0 spiro atoms. The summed E-state index contributed by atoms with van der Waals surface area (Å²) in [4.78, 5) is 13.6. The van der Waals surface area contributed by atoms with Crippen LogP contribution in [0.25, 0.3) is 0 Å². The number of hydrogen-bond acceptors (Lipinski definition) is 4. The molecule has 2 aromatic rings. The number of benzene rings is 1. The summed E-state index contributed by atoms with van der Waals surface area (Å²) in [6, 6.07) is 6.84. The number of alkyl halides is 3. The number of amides is 1. The molecule has 1 amide bonds. The first-order chi connectivity index (χ1) is 14.5. The number of nitrogens with zero attached hydrogens (tertiary/aromatic N) is 2. The Kier molecular flexibility index (Phi) is 6.80. The van der Waals surface area contributed by atoms with Crippen LogP contribution >= 0.6 is 0 Å². The van der Waals surface area contributed by atoms with Gasteiger partial charge in [0, 0.05) is 18.2 Å². The van der Waals surface area contributed by atoms with E-state index in [-0.39, 0.29) is 28.8 Å². The minimum absolute atomic E-state index is 0.0819. The number of sulfonamides is 1. The quantitative estimate of drug-likeness (QED) is 0.645. The van der Waals surface area contributed by atoms with Gasteiger partial charge >= 0.3 is 6.18 Å². The fraction of sp³-hybridized carbons (Fsp3) is 0.476. The lowest BCUT2D eigenvalue weighted by molar-refractivity contribution is -0.142. The monoisotopic (exact) mass is 458 g/mol. The van der Waals surface area contributed by atoms with Gasteiger partial charge in [-0.2, -0.15) is 17.5 Å². The van der Waals surface area contributed by atoms with Crippen LogP contribution in [0.5, 0.6) is 0 Å². The van der Waals surface area contributed by atoms with Crippen LogP contribution in [-0.4, -0.2) is 48.8 Å². The molecule has 0 N–H and O–H groups in total. The lowest BCUT2D eigenvalue weighted by Crippen LogP contribution is -2.42. The van der Waals surface area contributed by atoms with E-state index >= 15 is 0 Å². The number of hydrogen-bond donors (Lipinski definition) is 0. The van der Waals surface area contributed by atoms with Crippen molar-refractivity contribution in [3.05, 3.63) is 53.5 Å². The van der Waals surface area contributed by atoms with Crippen LogP contribution in [0.1, 0.15) is 47.9 Å². The van der Waals surface area contributed by atoms with E-state index in [9.17, 15) is 26.4 Å². The lowest BCUT2D eigenvalue weighted by atomic mass is 10.1. The van der Waals surface area contributed by atoms with E-state index in [0.717, 1.165) is 19.3 Å². The molecule has 170 valence electrons. The zero-order valence-corrected chi connectivity index (χ0v) is 18.2. The van der Waals surface area contributed by atoms with E-state index in [1.165, 1.54) is 40.9 Å². The molecule has 6 nitrogen and oxygen atoms in total. The third-order valence-corrected chi connectivity index (χ3v) is 7.38. The molecule has 1 aromatic carbocycles. The van der Waals surface area contributed by atoms with Crippen LogP contribution in [0.4, 0.5) is 13.2 Å². The molecule has 1 unspecified atom stereocenters. The predicted molar refractivity (Wildman–Crippen MR) is 108 cm³/mol. The molecule has 1 aliphatic heterocycles. The van der Waals surface area contributed by atoms with Crippen LogP contribution in [0.15, 0.2) is 45.9 Å². The smallest absolute Gasteiger partial charge is 0.406 e. The van der Waals surface area contributed by atoms with Gasteiger partial charge < -0.3 is 9.32 Å². The topological polar surface area (TPSA) is 70.8 Å². The highest BCUT2D eigenvalue weighted by Gasteiger charge is 2.35. The Bertz CT molecular complexity index is 1020. The number of carbonyl (C=O) groups is 1. The number of halogens is 3. The van der Waals surface area contributed by atoms with Crippen molar-refractivity contribution in [3.63, 3.8) is 0 Å². The molecule has 0 radical (unpaired) electrons. The molecule has 1 atom stereocenters. The number of rotatable bonds is 6. The van der Waals surface area contributed by atoms with Crippen molar-refractivity contribution in [3.8, 4) is 0 Å². The molecule has 1 fully saturated rings. The standard InChI is InChI=1S/C21H25F3N2O4S/c1-15-8-9-18(31(28,29)26-10-4-3-6-16(26)2)12-19(15)20(27)25(14-21(22,23)24)13-17-7-5-11-30-17/h5,7-9,11-12,16H,3-4,6,10,13-14H2,1-2H3. The zero-order valence-electron chi connectivity index (χ0n) is 17.4. The average molecular weight is 459 g/mol. The Labute approximate surface area is 179 Å². The Balaban J connectivity index is 1.95. The van der Waals surface area contributed by atoms with Gasteiger partial charge in [-0.05, 0) is 56.5 Å². The third kappa shape index (κ3) is 5.48. The molecule has 3 rings (SSSR count). The normalized spacial score (nSPS) is 18.2. The maximum atomic E-state index is 13.1. The van der Waals surface area contributed by atoms with E-state index in [1.54, 1.807) is 6.92 Å². The van der Waals surface area contributed by atoms with E-state index < -0.39 is 28.7 Å². The Morgan fingerprint density at radius 2 is 2.00 bits per heavy atom. The summed E-state index contributed by atoms with van der Waals surface area (Å²) in [5, 5.41) is 0. The first-order valence-corrected chi connectivity index (χ1v) is 11.4. The number of aryl methyl sites for hydroxylation is 1. The van der Waals surface area contributed by atoms with Crippen molar-refractivity contribution in [2.45, 2.75) is 56.8 Å². The molecular weight excluding hydrogens is 433 g/mol. The van der Waals surface area contributed by atoms with Crippen molar-refractivity contribution in [1.82, 2.24) is 9.21 Å². The van der Waals surface area contributed by atoms with Crippen molar-refractivity contribution in [1.29, 1.82) is 0 Å². The van der Waals surface area contributed by atoms with Crippen molar-refractivity contribution < 1.29 is 30.8 Å². The van der Waals surface area contributed by atoms with Crippen LogP contribution in [0.2, 0.25) is 0 Å². The van der Waals surface area contributed by atoms with E-state index in [4.69, 9.17) is 4.42 Å². The summed E-state index contributed by atoms with van der Waals surface area (Å²) >= 11 is 0. The first kappa shape index (κ1) is 23.3. The van der Waals surface area contributed by atoms with Gasteiger partial charge in [0.25, 0.3) is 5.91 Å².